The zero-order valence-corrected chi connectivity index (χ0v) is 13.3. The van der Waals surface area contributed by atoms with Gasteiger partial charge in [-0.25, -0.2) is 4.98 Å². The fourth-order valence-electron chi connectivity index (χ4n) is 2.69. The van der Waals surface area contributed by atoms with Crippen molar-refractivity contribution in [3.63, 3.8) is 0 Å². The van der Waals surface area contributed by atoms with Crippen LogP contribution < -0.4 is 0 Å². The molecule has 0 bridgehead atoms. The molecule has 4 heteroatoms. The molecule has 2 atom stereocenters. The molecule has 0 aliphatic heterocycles. The minimum Gasteiger partial charge on any atom is -0.322 e. The number of fused-ring (bicyclic) bond motifs is 1. The Bertz CT molecular complexity index is 573. The lowest BCUT2D eigenvalue weighted by atomic mass is 10.0. The molecular weight excluding hydrogens is 279 g/mol. The van der Waals surface area contributed by atoms with Gasteiger partial charge in [0.25, 0.3) is 0 Å². The predicted octanol–water partition coefficient (Wildman–Crippen LogP) is 5.60. The molecule has 19 heavy (non-hydrogen) atoms. The van der Waals surface area contributed by atoms with Crippen molar-refractivity contribution in [3.05, 3.63) is 29.0 Å². The van der Waals surface area contributed by atoms with E-state index in [9.17, 15) is 0 Å². The number of para-hydroxylation sites is 1. The zero-order valence-electron chi connectivity index (χ0n) is 11.8. The monoisotopic (exact) mass is 298 g/mol. The molecule has 2 unspecified atom stereocenters. The predicted molar refractivity (Wildman–Crippen MR) is 83.2 cm³/mol. The number of halogens is 2. The minimum absolute atomic E-state index is 0.128. The van der Waals surface area contributed by atoms with Gasteiger partial charge in [-0.05, 0) is 31.4 Å². The zero-order chi connectivity index (χ0) is 14.2. The van der Waals surface area contributed by atoms with Gasteiger partial charge in [0.1, 0.15) is 5.82 Å². The van der Waals surface area contributed by atoms with Crippen LogP contribution in [0.2, 0.25) is 5.02 Å². The van der Waals surface area contributed by atoms with E-state index in [1.54, 1.807) is 0 Å². The second-order valence-electron chi connectivity index (χ2n) is 5.28. The maximum Gasteiger partial charge on any atom is 0.128 e. The number of hydrogen-bond donors (Lipinski definition) is 0. The smallest absolute Gasteiger partial charge is 0.128 e. The highest BCUT2D eigenvalue weighted by atomic mass is 35.5. The molecule has 0 aliphatic carbocycles. The van der Waals surface area contributed by atoms with E-state index in [1.165, 1.54) is 0 Å². The number of hydrogen-bond acceptors (Lipinski definition) is 1. The molecule has 2 rings (SSSR count). The molecule has 0 saturated carbocycles. The normalized spacial score (nSPS) is 15.1. The molecule has 0 saturated heterocycles. The third kappa shape index (κ3) is 2.61. The van der Waals surface area contributed by atoms with E-state index in [2.05, 4.69) is 30.3 Å². The Kier molecular flexibility index (Phi) is 4.42. The number of aromatic nitrogens is 2. The number of imidazole rings is 1. The van der Waals surface area contributed by atoms with Crippen molar-refractivity contribution < 1.29 is 0 Å². The Morgan fingerprint density at radius 3 is 2.47 bits per heavy atom. The van der Waals surface area contributed by atoms with Gasteiger partial charge in [0.05, 0.1) is 21.4 Å². The largest absolute Gasteiger partial charge is 0.322 e. The maximum atomic E-state index is 6.38. The highest BCUT2D eigenvalue weighted by molar-refractivity contribution is 6.35. The van der Waals surface area contributed by atoms with E-state index in [0.717, 1.165) is 28.3 Å². The molecule has 0 spiro atoms. The summed E-state index contributed by atoms with van der Waals surface area (Å²) in [6.07, 6.45) is 1.03. The third-order valence-corrected chi connectivity index (χ3v) is 4.06. The Labute approximate surface area is 124 Å². The second kappa shape index (κ2) is 5.72. The van der Waals surface area contributed by atoms with Crippen LogP contribution in [0, 0.1) is 5.92 Å². The van der Waals surface area contributed by atoms with Crippen molar-refractivity contribution >= 4 is 34.2 Å². The van der Waals surface area contributed by atoms with Crippen molar-refractivity contribution in [1.82, 2.24) is 9.55 Å². The van der Waals surface area contributed by atoms with E-state index in [-0.39, 0.29) is 5.38 Å². The first-order valence-corrected chi connectivity index (χ1v) is 7.59. The SMILES string of the molecule is CCC(C(C)C)n1c(C(C)Cl)nc2cccc(Cl)c21. The summed E-state index contributed by atoms with van der Waals surface area (Å²) in [6, 6.07) is 6.20. The molecule has 0 amide bonds. The van der Waals surface area contributed by atoms with E-state index >= 15 is 0 Å². The molecule has 1 heterocycles. The summed E-state index contributed by atoms with van der Waals surface area (Å²) in [4.78, 5) is 4.67. The van der Waals surface area contributed by atoms with E-state index < -0.39 is 0 Å². The van der Waals surface area contributed by atoms with Gasteiger partial charge in [-0.3, -0.25) is 0 Å². The molecule has 1 aromatic heterocycles. The lowest BCUT2D eigenvalue weighted by Crippen LogP contribution is -2.17. The van der Waals surface area contributed by atoms with Crippen molar-refractivity contribution in [2.75, 3.05) is 0 Å². The number of nitrogens with zero attached hydrogens (tertiary/aromatic N) is 2. The summed E-state index contributed by atoms with van der Waals surface area (Å²) in [6.45, 7) is 8.59. The molecule has 1 aromatic carbocycles. The van der Waals surface area contributed by atoms with Crippen LogP contribution in [-0.4, -0.2) is 9.55 Å². The maximum absolute atomic E-state index is 6.38. The van der Waals surface area contributed by atoms with Crippen LogP contribution in [0.25, 0.3) is 11.0 Å². The third-order valence-electron chi connectivity index (χ3n) is 3.56. The van der Waals surface area contributed by atoms with Crippen LogP contribution in [0.3, 0.4) is 0 Å². The quantitative estimate of drug-likeness (QED) is 0.672. The number of rotatable bonds is 4. The molecule has 0 aliphatic rings. The second-order valence-corrected chi connectivity index (χ2v) is 6.35. The van der Waals surface area contributed by atoms with E-state index in [0.29, 0.717) is 12.0 Å². The molecule has 0 N–H and O–H groups in total. The first-order valence-electron chi connectivity index (χ1n) is 6.77. The summed E-state index contributed by atoms with van der Waals surface area (Å²) in [5.41, 5.74) is 1.93. The van der Waals surface area contributed by atoms with Crippen molar-refractivity contribution in [2.45, 2.75) is 45.5 Å². The Morgan fingerprint density at radius 1 is 1.26 bits per heavy atom. The summed E-state index contributed by atoms with van der Waals surface area (Å²) in [5.74, 6) is 1.41. The Morgan fingerprint density at radius 2 is 1.95 bits per heavy atom. The Balaban J connectivity index is 2.77. The van der Waals surface area contributed by atoms with Crippen LogP contribution in [0.5, 0.6) is 0 Å². The van der Waals surface area contributed by atoms with Gasteiger partial charge in [-0.2, -0.15) is 0 Å². The lowest BCUT2D eigenvalue weighted by Gasteiger charge is -2.25. The first-order chi connectivity index (χ1) is 8.97. The fraction of sp³-hybridized carbons (Fsp3) is 0.533. The van der Waals surface area contributed by atoms with E-state index in [1.807, 2.05) is 25.1 Å². The standard InChI is InChI=1S/C15H20Cl2N2/c1-5-13(9(2)3)19-14-11(17)7-6-8-12(14)18-15(19)10(4)16/h6-10,13H,5H2,1-4H3. The lowest BCUT2D eigenvalue weighted by molar-refractivity contribution is 0.364. The average molecular weight is 299 g/mol. The van der Waals surface area contributed by atoms with Crippen LogP contribution in [0.4, 0.5) is 0 Å². The highest BCUT2D eigenvalue weighted by Crippen LogP contribution is 2.35. The fourth-order valence-corrected chi connectivity index (χ4v) is 3.11. The van der Waals surface area contributed by atoms with Crippen molar-refractivity contribution in [2.24, 2.45) is 5.92 Å². The molecule has 2 aromatic rings. The average Bonchev–Trinajstić information content (AvgIpc) is 2.71. The van der Waals surface area contributed by atoms with Gasteiger partial charge in [0, 0.05) is 6.04 Å². The summed E-state index contributed by atoms with van der Waals surface area (Å²) in [5, 5.41) is 0.615. The van der Waals surface area contributed by atoms with Crippen molar-refractivity contribution in [3.8, 4) is 0 Å². The minimum atomic E-state index is -0.128. The van der Waals surface area contributed by atoms with E-state index in [4.69, 9.17) is 23.2 Å². The number of benzene rings is 1. The molecular formula is C15H20Cl2N2. The summed E-state index contributed by atoms with van der Waals surface area (Å²) >= 11 is 12.7. The summed E-state index contributed by atoms with van der Waals surface area (Å²) < 4.78 is 2.24. The van der Waals surface area contributed by atoms with Gasteiger partial charge < -0.3 is 4.57 Å². The van der Waals surface area contributed by atoms with Gasteiger partial charge in [-0.15, -0.1) is 11.6 Å². The summed E-state index contributed by atoms with van der Waals surface area (Å²) in [7, 11) is 0. The topological polar surface area (TPSA) is 17.8 Å². The molecule has 2 nitrogen and oxygen atoms in total. The van der Waals surface area contributed by atoms with Crippen LogP contribution in [0.15, 0.2) is 18.2 Å². The van der Waals surface area contributed by atoms with Crippen molar-refractivity contribution in [1.29, 1.82) is 0 Å². The molecule has 104 valence electrons. The number of alkyl halides is 1. The van der Waals surface area contributed by atoms with Gasteiger partial charge in [0.2, 0.25) is 0 Å². The Hall–Kier alpha value is -0.730. The van der Waals surface area contributed by atoms with Gasteiger partial charge >= 0.3 is 0 Å². The van der Waals surface area contributed by atoms with Crippen LogP contribution in [0.1, 0.15) is 51.4 Å². The first kappa shape index (κ1) is 14.7. The molecule has 0 fully saturated rings. The molecule has 0 radical (unpaired) electrons. The highest BCUT2D eigenvalue weighted by Gasteiger charge is 2.24. The van der Waals surface area contributed by atoms with Crippen LogP contribution >= 0.6 is 23.2 Å². The van der Waals surface area contributed by atoms with Gasteiger partial charge in [0.15, 0.2) is 0 Å². The van der Waals surface area contributed by atoms with Crippen LogP contribution in [-0.2, 0) is 0 Å². The van der Waals surface area contributed by atoms with Gasteiger partial charge in [-0.1, -0.05) is 38.4 Å².